The maximum atomic E-state index is 13.1. The van der Waals surface area contributed by atoms with E-state index in [0.717, 1.165) is 80.9 Å². The van der Waals surface area contributed by atoms with E-state index in [0.29, 0.717) is 24.4 Å². The third-order valence-electron chi connectivity index (χ3n) is 11.1. The number of nitrogens with zero attached hydrogens (tertiary/aromatic N) is 5. The Kier molecular flexibility index (Phi) is 8.35. The van der Waals surface area contributed by atoms with Gasteiger partial charge in [0.15, 0.2) is 0 Å². The standard InChI is InChI=1S/C39H44N6O4/c1-25-33-10-8-32(22-36(33)42(2)41-25)49-31-15-19-44(20-16-31)30-6-3-26(4-7-30)23-43-17-13-27(14-18-43)28-5-9-34-29(21-28)24-45(39(34)48)35-11-12-37(46)40-38(35)47/h3-10,21-22,27,31,35H,11-20,23-24H2,1-2H3,(H,40,46,47). The molecular weight excluding hydrogens is 616 g/mol. The highest BCUT2D eigenvalue weighted by atomic mass is 16.5. The number of ether oxygens (including phenoxy) is 1. The van der Waals surface area contributed by atoms with Crippen LogP contribution in [0.3, 0.4) is 0 Å². The highest BCUT2D eigenvalue weighted by Crippen LogP contribution is 2.34. The third kappa shape index (κ3) is 6.30. The summed E-state index contributed by atoms with van der Waals surface area (Å²) in [6.07, 6.45) is 5.03. The molecule has 4 aliphatic rings. The lowest BCUT2D eigenvalue weighted by molar-refractivity contribution is -0.136. The Labute approximate surface area is 287 Å². The zero-order valence-electron chi connectivity index (χ0n) is 28.4. The lowest BCUT2D eigenvalue weighted by Gasteiger charge is -2.34. The number of aromatic nitrogens is 2. The number of anilines is 1. The molecule has 0 aliphatic carbocycles. The molecule has 4 aromatic rings. The molecule has 5 heterocycles. The minimum absolute atomic E-state index is 0.111. The molecule has 1 unspecified atom stereocenters. The molecule has 1 atom stereocenters. The minimum Gasteiger partial charge on any atom is -0.490 e. The molecule has 1 aromatic heterocycles. The van der Waals surface area contributed by atoms with Crippen LogP contribution in [-0.2, 0) is 29.7 Å². The first kappa shape index (κ1) is 31.6. The van der Waals surface area contributed by atoms with E-state index in [1.165, 1.54) is 22.2 Å². The van der Waals surface area contributed by atoms with Gasteiger partial charge in [0, 0.05) is 75.2 Å². The molecule has 1 N–H and O–H groups in total. The number of imide groups is 1. The minimum atomic E-state index is -0.575. The average molecular weight is 661 g/mol. The third-order valence-corrected chi connectivity index (χ3v) is 11.1. The highest BCUT2D eigenvalue weighted by molar-refractivity contribution is 6.05. The van der Waals surface area contributed by atoms with E-state index in [9.17, 15) is 14.4 Å². The lowest BCUT2D eigenvalue weighted by atomic mass is 9.87. The quantitative estimate of drug-likeness (QED) is 0.277. The number of rotatable bonds is 7. The van der Waals surface area contributed by atoms with E-state index in [1.807, 2.05) is 24.7 Å². The van der Waals surface area contributed by atoms with Crippen molar-refractivity contribution in [2.24, 2.45) is 7.05 Å². The van der Waals surface area contributed by atoms with Gasteiger partial charge in [-0.2, -0.15) is 5.10 Å². The van der Waals surface area contributed by atoms with Gasteiger partial charge in [0.2, 0.25) is 11.8 Å². The molecule has 10 nitrogen and oxygen atoms in total. The Hall–Kier alpha value is -4.70. The zero-order valence-corrected chi connectivity index (χ0v) is 28.4. The SMILES string of the molecule is Cc1nn(C)c2cc(OC3CCN(c4ccc(CN5CCC(c6ccc7c(c6)CN(C6CCC(=O)NC6=O)C7=O)CC5)cc4)CC3)ccc12. The summed E-state index contributed by atoms with van der Waals surface area (Å²) in [5.74, 6) is 0.638. The molecule has 3 saturated heterocycles. The Morgan fingerprint density at radius 1 is 0.878 bits per heavy atom. The number of carbonyl (C=O) groups is 3. The number of hydrogen-bond donors (Lipinski definition) is 1. The number of benzene rings is 3. The maximum Gasteiger partial charge on any atom is 0.255 e. The van der Waals surface area contributed by atoms with Gasteiger partial charge in [-0.15, -0.1) is 0 Å². The first-order valence-corrected chi connectivity index (χ1v) is 17.7. The fourth-order valence-electron chi connectivity index (χ4n) is 8.26. The van der Waals surface area contributed by atoms with Crippen LogP contribution in [0.25, 0.3) is 10.9 Å². The van der Waals surface area contributed by atoms with Gasteiger partial charge < -0.3 is 14.5 Å². The van der Waals surface area contributed by atoms with Crippen molar-refractivity contribution in [3.05, 3.63) is 88.6 Å². The second-order valence-corrected chi connectivity index (χ2v) is 14.2. The summed E-state index contributed by atoms with van der Waals surface area (Å²) in [7, 11) is 1.98. The predicted molar refractivity (Wildman–Crippen MR) is 187 cm³/mol. The summed E-state index contributed by atoms with van der Waals surface area (Å²) < 4.78 is 8.32. The Bertz CT molecular complexity index is 1900. The molecule has 3 aromatic carbocycles. The summed E-state index contributed by atoms with van der Waals surface area (Å²) in [5, 5.41) is 8.09. The summed E-state index contributed by atoms with van der Waals surface area (Å²) >= 11 is 0. The van der Waals surface area contributed by atoms with Crippen molar-refractivity contribution in [3.8, 4) is 5.75 Å². The fraction of sp³-hybridized carbons (Fsp3) is 0.436. The van der Waals surface area contributed by atoms with E-state index in [2.05, 4.69) is 74.8 Å². The summed E-state index contributed by atoms with van der Waals surface area (Å²) in [6, 6.07) is 21.0. The van der Waals surface area contributed by atoms with Gasteiger partial charge in [-0.25, -0.2) is 0 Å². The second-order valence-electron chi connectivity index (χ2n) is 14.2. The van der Waals surface area contributed by atoms with Crippen LogP contribution < -0.4 is 15.0 Å². The fourth-order valence-corrected chi connectivity index (χ4v) is 8.26. The summed E-state index contributed by atoms with van der Waals surface area (Å²) in [6.45, 7) is 7.45. The smallest absolute Gasteiger partial charge is 0.255 e. The van der Waals surface area contributed by atoms with Gasteiger partial charge >= 0.3 is 0 Å². The highest BCUT2D eigenvalue weighted by Gasteiger charge is 2.39. The molecule has 0 radical (unpaired) electrons. The van der Waals surface area contributed by atoms with Crippen LogP contribution in [0.4, 0.5) is 5.69 Å². The number of carbonyl (C=O) groups excluding carboxylic acids is 3. The molecule has 0 spiro atoms. The Morgan fingerprint density at radius 2 is 1.65 bits per heavy atom. The molecule has 49 heavy (non-hydrogen) atoms. The van der Waals surface area contributed by atoms with Crippen LogP contribution in [0.5, 0.6) is 5.75 Å². The van der Waals surface area contributed by atoms with Crippen LogP contribution in [0, 0.1) is 6.92 Å². The molecule has 8 rings (SSSR count). The number of aryl methyl sites for hydroxylation is 2. The van der Waals surface area contributed by atoms with Crippen molar-refractivity contribution in [2.45, 2.75) is 76.6 Å². The van der Waals surface area contributed by atoms with Gasteiger partial charge in [0.25, 0.3) is 5.91 Å². The van der Waals surface area contributed by atoms with E-state index < -0.39 is 6.04 Å². The van der Waals surface area contributed by atoms with E-state index in [1.54, 1.807) is 4.90 Å². The predicted octanol–water partition coefficient (Wildman–Crippen LogP) is 5.07. The molecule has 0 saturated carbocycles. The number of amides is 3. The number of fused-ring (bicyclic) bond motifs is 2. The molecular formula is C39H44N6O4. The van der Waals surface area contributed by atoms with Crippen LogP contribution in [0.1, 0.15) is 77.2 Å². The molecule has 0 bridgehead atoms. The number of likely N-dealkylation sites (tertiary alicyclic amines) is 1. The topological polar surface area (TPSA) is 100 Å². The largest absolute Gasteiger partial charge is 0.490 e. The number of nitrogens with one attached hydrogen (secondary N) is 1. The van der Waals surface area contributed by atoms with Gasteiger partial charge in [-0.1, -0.05) is 24.3 Å². The van der Waals surface area contributed by atoms with Crippen LogP contribution in [0.2, 0.25) is 0 Å². The normalized spacial score (nSPS) is 21.0. The first-order chi connectivity index (χ1) is 23.8. The number of piperidine rings is 3. The van der Waals surface area contributed by atoms with Gasteiger partial charge in [0.05, 0.1) is 11.2 Å². The molecule has 10 heteroatoms. The average Bonchev–Trinajstić information content (AvgIpc) is 3.59. The van der Waals surface area contributed by atoms with Crippen molar-refractivity contribution < 1.29 is 19.1 Å². The van der Waals surface area contributed by atoms with E-state index in [-0.39, 0.29) is 30.2 Å². The number of hydrogen-bond acceptors (Lipinski definition) is 7. The van der Waals surface area contributed by atoms with Crippen molar-refractivity contribution >= 4 is 34.3 Å². The lowest BCUT2D eigenvalue weighted by Crippen LogP contribution is -2.52. The maximum absolute atomic E-state index is 13.1. The van der Waals surface area contributed by atoms with Crippen molar-refractivity contribution in [2.75, 3.05) is 31.1 Å². The van der Waals surface area contributed by atoms with Gasteiger partial charge in [-0.3, -0.25) is 29.3 Å². The van der Waals surface area contributed by atoms with Gasteiger partial charge in [0.1, 0.15) is 17.9 Å². The van der Waals surface area contributed by atoms with Crippen molar-refractivity contribution in [1.82, 2.24) is 24.9 Å². The monoisotopic (exact) mass is 660 g/mol. The Balaban J connectivity index is 0.806. The first-order valence-electron chi connectivity index (χ1n) is 17.7. The molecule has 4 aliphatic heterocycles. The molecule has 3 fully saturated rings. The molecule has 254 valence electrons. The van der Waals surface area contributed by atoms with E-state index in [4.69, 9.17) is 4.74 Å². The summed E-state index contributed by atoms with van der Waals surface area (Å²) in [5.41, 5.74) is 7.72. The zero-order chi connectivity index (χ0) is 33.6. The summed E-state index contributed by atoms with van der Waals surface area (Å²) in [4.78, 5) is 43.7. The van der Waals surface area contributed by atoms with Gasteiger partial charge in [-0.05, 0) is 92.2 Å². The van der Waals surface area contributed by atoms with Crippen molar-refractivity contribution in [3.63, 3.8) is 0 Å². The second kappa shape index (κ2) is 13.0. The van der Waals surface area contributed by atoms with Crippen LogP contribution >= 0.6 is 0 Å². The molecule has 3 amide bonds. The van der Waals surface area contributed by atoms with Crippen molar-refractivity contribution in [1.29, 1.82) is 0 Å². The van der Waals surface area contributed by atoms with Crippen LogP contribution in [0.15, 0.2) is 60.7 Å². The van der Waals surface area contributed by atoms with Crippen LogP contribution in [-0.4, -0.2) is 75.6 Å². The Morgan fingerprint density at radius 3 is 2.41 bits per heavy atom. The van der Waals surface area contributed by atoms with E-state index >= 15 is 0 Å².